The number of anilines is 2. The number of rotatable bonds is 5. The van der Waals surface area contributed by atoms with Crippen molar-refractivity contribution in [2.24, 2.45) is 0 Å². The van der Waals surface area contributed by atoms with Gasteiger partial charge >= 0.3 is 0 Å². The summed E-state index contributed by atoms with van der Waals surface area (Å²) in [5.74, 6) is 0.939. The van der Waals surface area contributed by atoms with Gasteiger partial charge in [0, 0.05) is 38.4 Å². The first-order valence-corrected chi connectivity index (χ1v) is 6.71. The summed E-state index contributed by atoms with van der Waals surface area (Å²) >= 11 is 0. The van der Waals surface area contributed by atoms with E-state index in [1.807, 2.05) is 18.2 Å². The van der Waals surface area contributed by atoms with Crippen LogP contribution in [0.1, 0.15) is 0 Å². The second-order valence-electron chi connectivity index (χ2n) is 4.85. The van der Waals surface area contributed by atoms with Crippen molar-refractivity contribution in [1.82, 2.24) is 4.90 Å². The summed E-state index contributed by atoms with van der Waals surface area (Å²) in [5, 5.41) is 3.32. The molecule has 0 radical (unpaired) electrons. The molecular formula is C15H23N3O. The molecule has 1 aliphatic heterocycles. The minimum Gasteiger partial charge on any atom is -0.495 e. The number of hydrogen-bond acceptors (Lipinski definition) is 4. The average Bonchev–Trinajstić information content (AvgIpc) is 2.45. The summed E-state index contributed by atoms with van der Waals surface area (Å²) in [7, 11) is 3.89. The first-order chi connectivity index (χ1) is 9.24. The lowest BCUT2D eigenvalue weighted by Crippen LogP contribution is -2.44. The van der Waals surface area contributed by atoms with E-state index in [-0.39, 0.29) is 0 Å². The van der Waals surface area contributed by atoms with E-state index in [1.54, 1.807) is 7.11 Å². The van der Waals surface area contributed by atoms with Gasteiger partial charge in [0.2, 0.25) is 0 Å². The van der Waals surface area contributed by atoms with E-state index in [0.29, 0.717) is 0 Å². The summed E-state index contributed by atoms with van der Waals surface area (Å²) < 4.78 is 5.48. The zero-order valence-corrected chi connectivity index (χ0v) is 11.9. The monoisotopic (exact) mass is 261 g/mol. The first kappa shape index (κ1) is 13.7. The van der Waals surface area contributed by atoms with Gasteiger partial charge in [0.1, 0.15) is 5.75 Å². The van der Waals surface area contributed by atoms with E-state index < -0.39 is 0 Å². The third-order valence-corrected chi connectivity index (χ3v) is 3.47. The van der Waals surface area contributed by atoms with Crippen LogP contribution in [0.15, 0.2) is 30.9 Å². The van der Waals surface area contributed by atoms with Crippen LogP contribution in [0.2, 0.25) is 0 Å². The third kappa shape index (κ3) is 3.41. The molecule has 0 amide bonds. The van der Waals surface area contributed by atoms with E-state index in [9.17, 15) is 0 Å². The number of ether oxygens (including phenoxy) is 1. The Labute approximate surface area is 115 Å². The number of nitrogens with one attached hydrogen (secondary N) is 1. The van der Waals surface area contributed by atoms with Gasteiger partial charge in [0.25, 0.3) is 0 Å². The smallest absolute Gasteiger partial charge is 0.142 e. The number of piperazine rings is 1. The van der Waals surface area contributed by atoms with Gasteiger partial charge in [0.15, 0.2) is 0 Å². The Bertz CT molecular complexity index is 425. The van der Waals surface area contributed by atoms with Crippen LogP contribution in [0.3, 0.4) is 0 Å². The van der Waals surface area contributed by atoms with Crippen LogP contribution in [-0.2, 0) is 0 Å². The average molecular weight is 261 g/mol. The minimum absolute atomic E-state index is 0.772. The van der Waals surface area contributed by atoms with Crippen LogP contribution in [0.25, 0.3) is 0 Å². The molecule has 0 unspecified atom stereocenters. The van der Waals surface area contributed by atoms with Crippen molar-refractivity contribution in [3.05, 3.63) is 30.9 Å². The highest BCUT2D eigenvalue weighted by molar-refractivity contribution is 5.66. The molecule has 1 aromatic carbocycles. The summed E-state index contributed by atoms with van der Waals surface area (Å²) in [6.45, 7) is 8.76. The highest BCUT2D eigenvalue weighted by atomic mass is 16.5. The highest BCUT2D eigenvalue weighted by Gasteiger charge is 2.17. The topological polar surface area (TPSA) is 27.7 Å². The van der Waals surface area contributed by atoms with Gasteiger partial charge in [-0.05, 0) is 25.2 Å². The maximum absolute atomic E-state index is 5.48. The van der Waals surface area contributed by atoms with E-state index in [0.717, 1.165) is 44.2 Å². The molecule has 0 atom stereocenters. The van der Waals surface area contributed by atoms with Gasteiger partial charge in [-0.25, -0.2) is 0 Å². The van der Waals surface area contributed by atoms with Crippen LogP contribution < -0.4 is 15.0 Å². The van der Waals surface area contributed by atoms with Gasteiger partial charge in [-0.15, -0.1) is 6.58 Å². The lowest BCUT2D eigenvalue weighted by Gasteiger charge is -2.35. The molecule has 1 N–H and O–H groups in total. The van der Waals surface area contributed by atoms with Crippen molar-refractivity contribution in [3.8, 4) is 5.75 Å². The summed E-state index contributed by atoms with van der Waals surface area (Å²) in [6.07, 6.45) is 1.86. The maximum Gasteiger partial charge on any atom is 0.142 e. The van der Waals surface area contributed by atoms with E-state index >= 15 is 0 Å². The van der Waals surface area contributed by atoms with Crippen LogP contribution in [-0.4, -0.2) is 51.8 Å². The third-order valence-electron chi connectivity index (χ3n) is 3.47. The highest BCUT2D eigenvalue weighted by Crippen LogP contribution is 2.31. The number of likely N-dealkylation sites (N-methyl/N-ethyl adjacent to an activating group) is 1. The van der Waals surface area contributed by atoms with Gasteiger partial charge in [-0.1, -0.05) is 6.08 Å². The summed E-state index contributed by atoms with van der Waals surface area (Å²) in [5.41, 5.74) is 2.28. The van der Waals surface area contributed by atoms with E-state index in [1.165, 1.54) is 5.69 Å². The Morgan fingerprint density at radius 1 is 1.32 bits per heavy atom. The van der Waals surface area contributed by atoms with Gasteiger partial charge in [0.05, 0.1) is 12.8 Å². The second kappa shape index (κ2) is 6.48. The van der Waals surface area contributed by atoms with Crippen LogP contribution in [0.4, 0.5) is 11.4 Å². The van der Waals surface area contributed by atoms with Crippen LogP contribution >= 0.6 is 0 Å². The molecular weight excluding hydrogens is 238 g/mol. The molecule has 1 fully saturated rings. The van der Waals surface area contributed by atoms with Crippen molar-refractivity contribution >= 4 is 11.4 Å². The van der Waals surface area contributed by atoms with Gasteiger partial charge in [-0.3, -0.25) is 0 Å². The molecule has 4 heteroatoms. The number of benzene rings is 1. The number of nitrogens with zero attached hydrogens (tertiary/aromatic N) is 2. The molecule has 0 bridgehead atoms. The van der Waals surface area contributed by atoms with Gasteiger partial charge in [-0.2, -0.15) is 0 Å². The maximum atomic E-state index is 5.48. The Hall–Kier alpha value is -1.68. The second-order valence-corrected chi connectivity index (χ2v) is 4.85. The zero-order chi connectivity index (χ0) is 13.7. The number of methoxy groups -OCH3 is 1. The van der Waals surface area contributed by atoms with Crippen molar-refractivity contribution in [1.29, 1.82) is 0 Å². The van der Waals surface area contributed by atoms with E-state index in [4.69, 9.17) is 4.74 Å². The molecule has 2 rings (SSSR count). The SMILES string of the molecule is C=CCNc1ccc(OC)c(N2CCN(C)CC2)c1. The Morgan fingerprint density at radius 2 is 2.05 bits per heavy atom. The van der Waals surface area contributed by atoms with Crippen LogP contribution in [0.5, 0.6) is 5.75 Å². The Balaban J connectivity index is 2.18. The predicted molar refractivity (Wildman–Crippen MR) is 81.4 cm³/mol. The van der Waals surface area contributed by atoms with Crippen molar-refractivity contribution < 1.29 is 4.74 Å². The lowest BCUT2D eigenvalue weighted by molar-refractivity contribution is 0.311. The largest absolute Gasteiger partial charge is 0.495 e. The molecule has 1 aliphatic rings. The molecule has 1 aromatic rings. The Morgan fingerprint density at radius 3 is 2.68 bits per heavy atom. The van der Waals surface area contributed by atoms with Crippen molar-refractivity contribution in [2.45, 2.75) is 0 Å². The minimum atomic E-state index is 0.772. The fourth-order valence-electron chi connectivity index (χ4n) is 2.28. The Kier molecular flexibility index (Phi) is 4.68. The molecule has 1 saturated heterocycles. The van der Waals surface area contributed by atoms with Crippen LogP contribution in [0, 0.1) is 0 Å². The molecule has 0 spiro atoms. The van der Waals surface area contributed by atoms with Crippen molar-refractivity contribution in [3.63, 3.8) is 0 Å². The van der Waals surface area contributed by atoms with Crippen molar-refractivity contribution in [2.75, 3.05) is 57.1 Å². The molecule has 1 heterocycles. The lowest BCUT2D eigenvalue weighted by atomic mass is 10.2. The first-order valence-electron chi connectivity index (χ1n) is 6.71. The zero-order valence-electron chi connectivity index (χ0n) is 11.9. The van der Waals surface area contributed by atoms with E-state index in [2.05, 4.69) is 34.8 Å². The quantitative estimate of drug-likeness (QED) is 0.821. The fourth-order valence-corrected chi connectivity index (χ4v) is 2.28. The standard InChI is InChI=1S/C15H23N3O/c1-4-7-16-13-5-6-15(19-3)14(12-13)18-10-8-17(2)9-11-18/h4-6,12,16H,1,7-11H2,2-3H3. The molecule has 0 aliphatic carbocycles. The molecule has 0 aromatic heterocycles. The fraction of sp³-hybridized carbons (Fsp3) is 0.467. The van der Waals surface area contributed by atoms with Gasteiger partial charge < -0.3 is 19.9 Å². The summed E-state index contributed by atoms with van der Waals surface area (Å²) in [6, 6.07) is 6.23. The summed E-state index contributed by atoms with van der Waals surface area (Å²) in [4.78, 5) is 4.74. The molecule has 4 nitrogen and oxygen atoms in total. The normalized spacial score (nSPS) is 16.2. The predicted octanol–water partition coefficient (Wildman–Crippen LogP) is 2.04. The molecule has 19 heavy (non-hydrogen) atoms. The number of hydrogen-bond donors (Lipinski definition) is 1. The molecule has 104 valence electrons. The molecule has 0 saturated carbocycles.